The van der Waals surface area contributed by atoms with Crippen molar-refractivity contribution in [1.29, 1.82) is 10.8 Å². The van der Waals surface area contributed by atoms with Gasteiger partial charge in [-0.2, -0.15) is 9.98 Å². The minimum Gasteiger partial charge on any atom is -0.222 e. The molecule has 0 spiro atoms. The highest BCUT2D eigenvalue weighted by Crippen LogP contribution is 1.84. The van der Waals surface area contributed by atoms with Crippen LogP contribution in [0.25, 0.3) is 0 Å². The van der Waals surface area contributed by atoms with E-state index >= 15 is 0 Å². The molecule has 0 heterocycles. The van der Waals surface area contributed by atoms with Crippen LogP contribution in [0.4, 0.5) is 0 Å². The van der Waals surface area contributed by atoms with Crippen molar-refractivity contribution in [2.45, 2.75) is 13.1 Å². The summed E-state index contributed by atoms with van der Waals surface area (Å²) in [4.78, 5) is 41.7. The lowest BCUT2D eigenvalue weighted by molar-refractivity contribution is 0.553. The highest BCUT2D eigenvalue weighted by molar-refractivity contribution is 5.36. The molecule has 0 aromatic carbocycles. The van der Waals surface area contributed by atoms with Crippen molar-refractivity contribution in [2.75, 3.05) is 0 Å². The van der Waals surface area contributed by atoms with Crippen LogP contribution in [0.3, 0.4) is 0 Å². The molecule has 0 bridgehead atoms. The average Bonchev–Trinajstić information content (AvgIpc) is 2.07. The van der Waals surface area contributed by atoms with E-state index in [1.54, 1.807) is 0 Å². The SMILES string of the molecule is CC(N=C=O)N=C=O.N=C=O.N=C=O. The minimum absolute atomic E-state index is 0.634. The molecule has 0 rings (SSSR count). The first kappa shape index (κ1) is 17.6. The quantitative estimate of drug-likeness (QED) is 0.468. The van der Waals surface area contributed by atoms with Crippen LogP contribution in [0.5, 0.6) is 0 Å². The summed E-state index contributed by atoms with van der Waals surface area (Å²) in [5.41, 5.74) is 0. The summed E-state index contributed by atoms with van der Waals surface area (Å²) in [6, 6.07) is 0. The van der Waals surface area contributed by atoms with Crippen LogP contribution in [0.2, 0.25) is 0 Å². The molecule has 8 nitrogen and oxygen atoms in total. The summed E-state index contributed by atoms with van der Waals surface area (Å²) in [5, 5.41) is 10.8. The van der Waals surface area contributed by atoms with Crippen molar-refractivity contribution in [1.82, 2.24) is 0 Å². The molecule has 8 heteroatoms. The lowest BCUT2D eigenvalue weighted by atomic mass is 10.6. The van der Waals surface area contributed by atoms with E-state index in [2.05, 4.69) is 9.98 Å². The van der Waals surface area contributed by atoms with Gasteiger partial charge in [0.1, 0.15) is 0 Å². The second-order valence-corrected chi connectivity index (χ2v) is 1.28. The van der Waals surface area contributed by atoms with Gasteiger partial charge in [0.15, 0.2) is 6.17 Å². The van der Waals surface area contributed by atoms with Crippen molar-refractivity contribution in [3.63, 3.8) is 0 Å². The van der Waals surface area contributed by atoms with E-state index in [1.807, 2.05) is 0 Å². The molecule has 0 aliphatic carbocycles. The third-order valence-corrected chi connectivity index (χ3v) is 0.479. The Morgan fingerprint density at radius 3 is 1.29 bits per heavy atom. The zero-order valence-electron chi connectivity index (χ0n) is 7.10. The zero-order valence-corrected chi connectivity index (χ0v) is 7.10. The van der Waals surface area contributed by atoms with Crippen LogP contribution in [-0.2, 0) is 19.2 Å². The maximum atomic E-state index is 9.41. The van der Waals surface area contributed by atoms with E-state index in [0.717, 1.165) is 12.2 Å². The summed E-state index contributed by atoms with van der Waals surface area (Å²) >= 11 is 0. The maximum Gasteiger partial charge on any atom is 0.237 e. The van der Waals surface area contributed by atoms with E-state index in [9.17, 15) is 9.59 Å². The monoisotopic (exact) mass is 198 g/mol. The highest BCUT2D eigenvalue weighted by atomic mass is 16.1. The van der Waals surface area contributed by atoms with Gasteiger partial charge in [0.2, 0.25) is 24.3 Å². The Bertz CT molecular complexity index is 259. The van der Waals surface area contributed by atoms with E-state index in [-0.39, 0.29) is 0 Å². The second-order valence-electron chi connectivity index (χ2n) is 1.28. The van der Waals surface area contributed by atoms with Crippen molar-refractivity contribution in [3.05, 3.63) is 0 Å². The molecule has 0 atom stereocenters. The lowest BCUT2D eigenvalue weighted by Crippen LogP contribution is -1.88. The summed E-state index contributed by atoms with van der Waals surface area (Å²) in [6.45, 7) is 1.48. The maximum absolute atomic E-state index is 9.41. The number of rotatable bonds is 2. The average molecular weight is 198 g/mol. The van der Waals surface area contributed by atoms with Crippen LogP contribution < -0.4 is 0 Å². The van der Waals surface area contributed by atoms with Crippen LogP contribution in [0.1, 0.15) is 6.92 Å². The molecule has 2 N–H and O–H groups in total. The summed E-state index contributed by atoms with van der Waals surface area (Å²) in [6.07, 6.45) is 3.38. The van der Waals surface area contributed by atoms with Gasteiger partial charge < -0.3 is 0 Å². The Labute approximate surface area is 78.4 Å². The normalized spacial score (nSPS) is 7.21. The first-order valence-corrected chi connectivity index (χ1v) is 2.86. The van der Waals surface area contributed by atoms with Crippen LogP contribution in [0.15, 0.2) is 9.98 Å². The molecule has 14 heavy (non-hydrogen) atoms. The largest absolute Gasteiger partial charge is 0.237 e. The molecule has 0 aliphatic rings. The molecule has 74 valence electrons. The van der Waals surface area contributed by atoms with Gasteiger partial charge >= 0.3 is 0 Å². The van der Waals surface area contributed by atoms with Crippen LogP contribution in [0, 0.1) is 10.8 Å². The number of hydrogen-bond acceptors (Lipinski definition) is 8. The first-order chi connectivity index (χ1) is 6.64. The fraction of sp³-hybridized carbons (Fsp3) is 0.333. The third kappa shape index (κ3) is 55.8. The fourth-order valence-electron chi connectivity index (χ4n) is 0.181. The Morgan fingerprint density at radius 1 is 0.929 bits per heavy atom. The second kappa shape index (κ2) is 22.4. The summed E-state index contributed by atoms with van der Waals surface area (Å²) in [5.74, 6) is 0. The zero-order chi connectivity index (χ0) is 11.8. The topological polar surface area (TPSA) is 141 Å². The molecule has 0 fully saturated rings. The Kier molecular flexibility index (Phi) is 28.1. The summed E-state index contributed by atoms with van der Waals surface area (Å²) < 4.78 is 0. The number of nitrogens with zero attached hydrogens (tertiary/aromatic N) is 2. The fourth-order valence-corrected chi connectivity index (χ4v) is 0.181. The van der Waals surface area contributed by atoms with Crippen LogP contribution >= 0.6 is 0 Å². The molecule has 0 aromatic rings. The third-order valence-electron chi connectivity index (χ3n) is 0.479. The van der Waals surface area contributed by atoms with Gasteiger partial charge in [0.25, 0.3) is 0 Å². The predicted molar refractivity (Wildman–Crippen MR) is 42.5 cm³/mol. The van der Waals surface area contributed by atoms with E-state index in [4.69, 9.17) is 20.4 Å². The molecule has 0 saturated heterocycles. The Hall–Kier alpha value is -2.48. The van der Waals surface area contributed by atoms with E-state index in [1.165, 1.54) is 19.1 Å². The van der Waals surface area contributed by atoms with E-state index in [0.29, 0.717) is 0 Å². The molecule has 0 saturated carbocycles. The van der Waals surface area contributed by atoms with Gasteiger partial charge in [0.05, 0.1) is 0 Å². The first-order valence-electron chi connectivity index (χ1n) is 2.86. The standard InChI is InChI=1S/C4H4N2O2.2CHNO/c1-4(5-2-7)6-3-8;2*2-1-3/h4H,1H3;2*2H. The van der Waals surface area contributed by atoms with Gasteiger partial charge in [-0.05, 0) is 6.92 Å². The Morgan fingerprint density at radius 2 is 1.14 bits per heavy atom. The highest BCUT2D eigenvalue weighted by Gasteiger charge is 1.87. The molecular formula is C6H6N4O4. The van der Waals surface area contributed by atoms with E-state index < -0.39 is 6.17 Å². The van der Waals surface area contributed by atoms with Crippen molar-refractivity contribution in [2.24, 2.45) is 9.98 Å². The molecule has 0 aromatic heterocycles. The molecule has 0 unspecified atom stereocenters. The van der Waals surface area contributed by atoms with Gasteiger partial charge in [-0.25, -0.2) is 30.0 Å². The van der Waals surface area contributed by atoms with Gasteiger partial charge in [-0.15, -0.1) is 0 Å². The molecule has 0 radical (unpaired) electrons. The number of nitrogens with one attached hydrogen (secondary N) is 2. The number of isocyanates is 4. The van der Waals surface area contributed by atoms with Gasteiger partial charge in [-0.1, -0.05) is 0 Å². The minimum atomic E-state index is -0.634. The summed E-state index contributed by atoms with van der Waals surface area (Å²) in [7, 11) is 0. The molecular weight excluding hydrogens is 192 g/mol. The number of hydrogen-bond donors (Lipinski definition) is 2. The van der Waals surface area contributed by atoms with Crippen molar-refractivity contribution in [3.8, 4) is 0 Å². The number of aliphatic imine (C=N–C) groups is 2. The molecule has 0 aliphatic heterocycles. The van der Waals surface area contributed by atoms with Gasteiger partial charge in [0, 0.05) is 0 Å². The Balaban J connectivity index is -0.000000168. The smallest absolute Gasteiger partial charge is 0.222 e. The lowest BCUT2D eigenvalue weighted by Gasteiger charge is -1.84. The van der Waals surface area contributed by atoms with Crippen molar-refractivity contribution < 1.29 is 19.2 Å². The number of carbonyl (C=O) groups excluding carboxylic acids is 4. The predicted octanol–water partition coefficient (Wildman–Crippen LogP) is -0.194. The molecule has 0 amide bonds. The van der Waals surface area contributed by atoms with Gasteiger partial charge in [-0.3, -0.25) is 0 Å². The van der Waals surface area contributed by atoms with Crippen LogP contribution in [-0.4, -0.2) is 30.5 Å². The van der Waals surface area contributed by atoms with Crippen molar-refractivity contribution >= 4 is 24.3 Å².